The van der Waals surface area contributed by atoms with Gasteiger partial charge in [0.25, 0.3) is 5.91 Å². The Morgan fingerprint density at radius 3 is 2.19 bits per heavy atom. The van der Waals surface area contributed by atoms with Crippen molar-refractivity contribution in [3.8, 4) is 5.75 Å². The molecule has 138 valence electrons. The third kappa shape index (κ3) is 4.37. The number of piperazine rings is 1. The van der Waals surface area contributed by atoms with E-state index in [1.54, 1.807) is 0 Å². The molecule has 0 saturated carbocycles. The van der Waals surface area contributed by atoms with Gasteiger partial charge in [-0.1, -0.05) is 44.2 Å². The Balaban J connectivity index is 1.57. The molecule has 0 aromatic heterocycles. The highest BCUT2D eigenvalue weighted by molar-refractivity contribution is 5.81. The molecule has 2 aromatic rings. The van der Waals surface area contributed by atoms with Crippen molar-refractivity contribution in [1.29, 1.82) is 0 Å². The molecule has 0 bridgehead atoms. The van der Waals surface area contributed by atoms with E-state index >= 15 is 0 Å². The van der Waals surface area contributed by atoms with Gasteiger partial charge >= 0.3 is 0 Å². The van der Waals surface area contributed by atoms with Crippen LogP contribution < -0.4 is 9.64 Å². The van der Waals surface area contributed by atoms with Gasteiger partial charge in [-0.15, -0.1) is 0 Å². The van der Waals surface area contributed by atoms with Crippen molar-refractivity contribution >= 4 is 11.6 Å². The van der Waals surface area contributed by atoms with Crippen molar-refractivity contribution in [1.82, 2.24) is 4.90 Å². The van der Waals surface area contributed by atoms with Crippen LogP contribution in [0.3, 0.4) is 0 Å². The summed E-state index contributed by atoms with van der Waals surface area (Å²) in [5.74, 6) is 0.866. The normalized spacial score (nSPS) is 15.6. The number of nitrogens with zero attached hydrogens (tertiary/aromatic N) is 2. The first-order chi connectivity index (χ1) is 12.7. The molecule has 0 N–H and O–H groups in total. The molecule has 1 fully saturated rings. The Labute approximate surface area is 156 Å². The van der Waals surface area contributed by atoms with Crippen molar-refractivity contribution in [2.75, 3.05) is 31.1 Å². The van der Waals surface area contributed by atoms with Gasteiger partial charge in [0.2, 0.25) is 0 Å². The van der Waals surface area contributed by atoms with E-state index in [4.69, 9.17) is 4.74 Å². The molecule has 4 heteroatoms. The third-order valence-corrected chi connectivity index (χ3v) is 4.97. The number of rotatable bonds is 6. The molecular weight excluding hydrogens is 324 g/mol. The van der Waals surface area contributed by atoms with E-state index in [-0.39, 0.29) is 5.91 Å². The number of benzene rings is 2. The van der Waals surface area contributed by atoms with E-state index in [2.05, 4.69) is 48.2 Å². The zero-order chi connectivity index (χ0) is 18.4. The number of ether oxygens (including phenoxy) is 1. The Hall–Kier alpha value is -2.49. The molecule has 0 radical (unpaired) electrons. The van der Waals surface area contributed by atoms with Gasteiger partial charge in [0.15, 0.2) is 6.10 Å². The lowest BCUT2D eigenvalue weighted by Crippen LogP contribution is -2.52. The lowest BCUT2D eigenvalue weighted by molar-refractivity contribution is -0.139. The predicted octanol–water partition coefficient (Wildman–Crippen LogP) is 3.76. The number of carbonyl (C=O) groups is 1. The molecule has 4 nitrogen and oxygen atoms in total. The Bertz CT molecular complexity index is 692. The maximum Gasteiger partial charge on any atom is 0.263 e. The van der Waals surface area contributed by atoms with Crippen molar-refractivity contribution in [3.05, 3.63) is 60.2 Å². The average Bonchev–Trinajstić information content (AvgIpc) is 2.72. The molecule has 0 aliphatic carbocycles. The Morgan fingerprint density at radius 2 is 1.62 bits per heavy atom. The summed E-state index contributed by atoms with van der Waals surface area (Å²) in [4.78, 5) is 17.1. The van der Waals surface area contributed by atoms with Gasteiger partial charge < -0.3 is 14.5 Å². The fraction of sp³-hybridized carbons (Fsp3) is 0.409. The standard InChI is InChI=1S/C22H28N2O2/c1-3-18-10-12-20(13-11-18)26-21(4-2)22(25)24-16-14-23(15-17-24)19-8-6-5-7-9-19/h5-13,21H,3-4,14-17H2,1-2H3. The van der Waals surface area contributed by atoms with Crippen molar-refractivity contribution < 1.29 is 9.53 Å². The Kier molecular flexibility index (Phi) is 6.16. The smallest absolute Gasteiger partial charge is 0.263 e. The van der Waals surface area contributed by atoms with E-state index in [1.807, 2.05) is 30.0 Å². The van der Waals surface area contributed by atoms with Crippen LogP contribution in [0.2, 0.25) is 0 Å². The molecular formula is C22H28N2O2. The maximum atomic E-state index is 12.9. The van der Waals surface area contributed by atoms with Gasteiger partial charge in [-0.25, -0.2) is 0 Å². The zero-order valence-corrected chi connectivity index (χ0v) is 15.7. The molecule has 1 saturated heterocycles. The van der Waals surface area contributed by atoms with Gasteiger partial charge in [0, 0.05) is 31.9 Å². The molecule has 1 unspecified atom stereocenters. The first kappa shape index (κ1) is 18.3. The molecule has 1 aliphatic heterocycles. The van der Waals surface area contributed by atoms with Crippen LogP contribution in [0.1, 0.15) is 25.8 Å². The van der Waals surface area contributed by atoms with Crippen LogP contribution in [0, 0.1) is 0 Å². The molecule has 26 heavy (non-hydrogen) atoms. The summed E-state index contributed by atoms with van der Waals surface area (Å²) < 4.78 is 5.98. The highest BCUT2D eigenvalue weighted by atomic mass is 16.5. The number of carbonyl (C=O) groups excluding carboxylic acids is 1. The van der Waals surface area contributed by atoms with Gasteiger partial charge in [-0.05, 0) is 42.7 Å². The fourth-order valence-corrected chi connectivity index (χ4v) is 3.30. The lowest BCUT2D eigenvalue weighted by atomic mass is 10.1. The molecule has 1 amide bonds. The maximum absolute atomic E-state index is 12.9. The van der Waals surface area contributed by atoms with E-state index in [9.17, 15) is 4.79 Å². The van der Waals surface area contributed by atoms with Crippen LogP contribution in [0.15, 0.2) is 54.6 Å². The highest BCUT2D eigenvalue weighted by Crippen LogP contribution is 2.19. The van der Waals surface area contributed by atoms with Gasteiger partial charge in [-0.3, -0.25) is 4.79 Å². The SMILES string of the molecule is CCc1ccc(OC(CC)C(=O)N2CCN(c3ccccc3)CC2)cc1. The monoisotopic (exact) mass is 352 g/mol. The second-order valence-electron chi connectivity index (χ2n) is 6.66. The van der Waals surface area contributed by atoms with Crippen LogP contribution in [0.4, 0.5) is 5.69 Å². The second-order valence-corrected chi connectivity index (χ2v) is 6.66. The molecule has 1 heterocycles. The summed E-state index contributed by atoms with van der Waals surface area (Å²) in [7, 11) is 0. The summed E-state index contributed by atoms with van der Waals surface area (Å²) in [5.41, 5.74) is 2.49. The van der Waals surface area contributed by atoms with E-state index < -0.39 is 6.10 Å². The van der Waals surface area contributed by atoms with Crippen molar-refractivity contribution in [2.24, 2.45) is 0 Å². The minimum atomic E-state index is -0.411. The summed E-state index contributed by atoms with van der Waals surface area (Å²) in [6, 6.07) is 18.4. The zero-order valence-electron chi connectivity index (χ0n) is 15.7. The topological polar surface area (TPSA) is 32.8 Å². The van der Waals surface area contributed by atoms with E-state index in [0.29, 0.717) is 6.42 Å². The molecule has 0 spiro atoms. The Morgan fingerprint density at radius 1 is 0.962 bits per heavy atom. The molecule has 2 aromatic carbocycles. The molecule has 1 aliphatic rings. The fourth-order valence-electron chi connectivity index (χ4n) is 3.30. The number of amides is 1. The van der Waals surface area contributed by atoms with Crippen LogP contribution in [-0.4, -0.2) is 43.1 Å². The minimum Gasteiger partial charge on any atom is -0.481 e. The third-order valence-electron chi connectivity index (χ3n) is 4.97. The summed E-state index contributed by atoms with van der Waals surface area (Å²) in [5, 5.41) is 0. The first-order valence-electron chi connectivity index (χ1n) is 9.55. The van der Waals surface area contributed by atoms with E-state index in [0.717, 1.165) is 38.3 Å². The van der Waals surface area contributed by atoms with Crippen molar-refractivity contribution in [3.63, 3.8) is 0 Å². The van der Waals surface area contributed by atoms with Crippen LogP contribution in [0.5, 0.6) is 5.75 Å². The predicted molar refractivity (Wildman–Crippen MR) is 106 cm³/mol. The van der Waals surface area contributed by atoms with E-state index in [1.165, 1.54) is 11.3 Å². The number of hydrogen-bond donors (Lipinski definition) is 0. The number of anilines is 1. The number of aryl methyl sites for hydroxylation is 1. The summed E-state index contributed by atoms with van der Waals surface area (Å²) in [6.07, 6.45) is 1.26. The van der Waals surface area contributed by atoms with Gasteiger partial charge in [0.05, 0.1) is 0 Å². The number of para-hydroxylation sites is 1. The molecule has 1 atom stereocenters. The second kappa shape index (κ2) is 8.75. The quantitative estimate of drug-likeness (QED) is 0.794. The summed E-state index contributed by atoms with van der Waals surface area (Å²) in [6.45, 7) is 7.33. The van der Waals surface area contributed by atoms with Crippen LogP contribution in [-0.2, 0) is 11.2 Å². The molecule has 3 rings (SSSR count). The lowest BCUT2D eigenvalue weighted by Gasteiger charge is -2.37. The largest absolute Gasteiger partial charge is 0.481 e. The minimum absolute atomic E-state index is 0.0970. The highest BCUT2D eigenvalue weighted by Gasteiger charge is 2.27. The van der Waals surface area contributed by atoms with Crippen molar-refractivity contribution in [2.45, 2.75) is 32.8 Å². The van der Waals surface area contributed by atoms with Gasteiger partial charge in [0.1, 0.15) is 5.75 Å². The van der Waals surface area contributed by atoms with Crippen LogP contribution in [0.25, 0.3) is 0 Å². The number of hydrogen-bond acceptors (Lipinski definition) is 3. The first-order valence-corrected chi connectivity index (χ1v) is 9.55. The van der Waals surface area contributed by atoms with Crippen LogP contribution >= 0.6 is 0 Å². The average molecular weight is 352 g/mol. The van der Waals surface area contributed by atoms with Gasteiger partial charge in [-0.2, -0.15) is 0 Å². The summed E-state index contributed by atoms with van der Waals surface area (Å²) >= 11 is 0.